The summed E-state index contributed by atoms with van der Waals surface area (Å²) in [5.74, 6) is -0.465. The molecule has 0 unspecified atom stereocenters. The van der Waals surface area contributed by atoms with Gasteiger partial charge in [-0.2, -0.15) is 0 Å². The summed E-state index contributed by atoms with van der Waals surface area (Å²) in [7, 11) is 1.75. The van der Waals surface area contributed by atoms with Crippen molar-refractivity contribution < 1.29 is 9.59 Å². The highest BCUT2D eigenvalue weighted by Crippen LogP contribution is 2.15. The van der Waals surface area contributed by atoms with E-state index in [-0.39, 0.29) is 11.8 Å². The van der Waals surface area contributed by atoms with Crippen LogP contribution in [0.3, 0.4) is 0 Å². The molecule has 5 nitrogen and oxygen atoms in total. The molecular formula is C18H20ClN3O2. The third-order valence-corrected chi connectivity index (χ3v) is 3.80. The number of nitrogens with one attached hydrogen (secondary N) is 1. The van der Waals surface area contributed by atoms with Crippen LogP contribution in [0.5, 0.6) is 0 Å². The molecule has 0 aliphatic rings. The normalized spacial score (nSPS) is 10.3. The number of unbranched alkanes of at least 4 members (excludes halogenated alkanes) is 1. The van der Waals surface area contributed by atoms with E-state index in [2.05, 4.69) is 17.2 Å². The van der Waals surface area contributed by atoms with Gasteiger partial charge in [-0.15, -0.1) is 0 Å². The fourth-order valence-corrected chi connectivity index (χ4v) is 2.26. The van der Waals surface area contributed by atoms with Crippen molar-refractivity contribution in [1.82, 2.24) is 9.88 Å². The Bertz CT molecular complexity index is 716. The van der Waals surface area contributed by atoms with E-state index in [0.29, 0.717) is 28.4 Å². The first kappa shape index (κ1) is 17.9. The summed E-state index contributed by atoms with van der Waals surface area (Å²) in [6, 6.07) is 8.36. The van der Waals surface area contributed by atoms with Crippen LogP contribution >= 0.6 is 11.6 Å². The predicted molar refractivity (Wildman–Crippen MR) is 95.5 cm³/mol. The number of hydrogen-bond donors (Lipinski definition) is 1. The minimum atomic E-state index is -0.323. The first-order valence-corrected chi connectivity index (χ1v) is 8.16. The molecule has 24 heavy (non-hydrogen) atoms. The third kappa shape index (κ3) is 4.80. The van der Waals surface area contributed by atoms with E-state index in [1.807, 2.05) is 0 Å². The molecule has 126 valence electrons. The second-order valence-electron chi connectivity index (χ2n) is 5.50. The Labute approximate surface area is 146 Å². The standard InChI is InChI=1S/C18H20ClN3O2/c1-3-4-9-22(2)18(24)14-10-13(11-20-12-14)17(23)21-16-7-5-15(19)6-8-16/h5-8,10-12H,3-4,9H2,1-2H3,(H,21,23). The van der Waals surface area contributed by atoms with Gasteiger partial charge in [0.15, 0.2) is 0 Å². The predicted octanol–water partition coefficient (Wildman–Crippen LogP) is 3.86. The Kier molecular flexibility index (Phi) is 6.32. The number of rotatable bonds is 6. The van der Waals surface area contributed by atoms with Crippen molar-refractivity contribution in [3.8, 4) is 0 Å². The van der Waals surface area contributed by atoms with E-state index < -0.39 is 0 Å². The number of hydrogen-bond acceptors (Lipinski definition) is 3. The molecular weight excluding hydrogens is 326 g/mol. The van der Waals surface area contributed by atoms with Gasteiger partial charge in [-0.25, -0.2) is 0 Å². The Balaban J connectivity index is 2.10. The molecule has 1 heterocycles. The highest BCUT2D eigenvalue weighted by atomic mass is 35.5. The van der Waals surface area contributed by atoms with Crippen molar-refractivity contribution in [2.45, 2.75) is 19.8 Å². The molecule has 2 rings (SSSR count). The molecule has 0 saturated heterocycles. The maximum atomic E-state index is 12.4. The number of carbonyl (C=O) groups excluding carboxylic acids is 2. The van der Waals surface area contributed by atoms with Crippen LogP contribution in [-0.4, -0.2) is 35.3 Å². The van der Waals surface area contributed by atoms with Gasteiger partial charge in [-0.05, 0) is 36.8 Å². The van der Waals surface area contributed by atoms with Gasteiger partial charge in [0.05, 0.1) is 11.1 Å². The largest absolute Gasteiger partial charge is 0.342 e. The Morgan fingerprint density at radius 1 is 1.17 bits per heavy atom. The number of anilines is 1. The molecule has 1 aromatic carbocycles. The zero-order chi connectivity index (χ0) is 17.5. The van der Waals surface area contributed by atoms with Crippen LogP contribution in [0.1, 0.15) is 40.5 Å². The highest BCUT2D eigenvalue weighted by molar-refractivity contribution is 6.30. The fraction of sp³-hybridized carbons (Fsp3) is 0.278. The van der Waals surface area contributed by atoms with Gasteiger partial charge in [-0.3, -0.25) is 14.6 Å². The SMILES string of the molecule is CCCCN(C)C(=O)c1cncc(C(=O)Nc2ccc(Cl)cc2)c1. The topological polar surface area (TPSA) is 62.3 Å². The summed E-state index contributed by atoms with van der Waals surface area (Å²) in [5.41, 5.74) is 1.36. The van der Waals surface area contributed by atoms with Gasteiger partial charge >= 0.3 is 0 Å². The smallest absolute Gasteiger partial charge is 0.257 e. The summed E-state index contributed by atoms with van der Waals surface area (Å²) in [4.78, 5) is 30.3. The monoisotopic (exact) mass is 345 g/mol. The molecule has 6 heteroatoms. The molecule has 1 N–H and O–H groups in total. The zero-order valence-corrected chi connectivity index (χ0v) is 14.5. The van der Waals surface area contributed by atoms with Crippen LogP contribution in [0, 0.1) is 0 Å². The molecule has 1 aromatic heterocycles. The van der Waals surface area contributed by atoms with Crippen LogP contribution in [0.15, 0.2) is 42.7 Å². The molecule has 0 fully saturated rings. The van der Waals surface area contributed by atoms with E-state index in [0.717, 1.165) is 12.8 Å². The summed E-state index contributed by atoms with van der Waals surface area (Å²) in [6.07, 6.45) is 4.86. The van der Waals surface area contributed by atoms with Crippen molar-refractivity contribution in [3.63, 3.8) is 0 Å². The Morgan fingerprint density at radius 2 is 1.83 bits per heavy atom. The van der Waals surface area contributed by atoms with E-state index in [4.69, 9.17) is 11.6 Å². The maximum absolute atomic E-state index is 12.4. The molecule has 0 saturated carbocycles. The van der Waals surface area contributed by atoms with Gasteiger partial charge in [0.1, 0.15) is 0 Å². The van der Waals surface area contributed by atoms with Gasteiger partial charge in [-0.1, -0.05) is 24.9 Å². The lowest BCUT2D eigenvalue weighted by Crippen LogP contribution is -2.28. The lowest BCUT2D eigenvalue weighted by Gasteiger charge is -2.16. The van der Waals surface area contributed by atoms with Gasteiger partial charge in [0, 0.05) is 36.7 Å². The minimum Gasteiger partial charge on any atom is -0.342 e. The Hall–Kier alpha value is -2.40. The van der Waals surface area contributed by atoms with E-state index >= 15 is 0 Å². The van der Waals surface area contributed by atoms with Crippen LogP contribution < -0.4 is 5.32 Å². The maximum Gasteiger partial charge on any atom is 0.257 e. The molecule has 0 atom stereocenters. The average Bonchev–Trinajstić information content (AvgIpc) is 2.61. The van der Waals surface area contributed by atoms with E-state index in [9.17, 15) is 9.59 Å². The third-order valence-electron chi connectivity index (χ3n) is 3.54. The number of nitrogens with zero attached hydrogens (tertiary/aromatic N) is 2. The van der Waals surface area contributed by atoms with Crippen LogP contribution in [0.25, 0.3) is 0 Å². The fourth-order valence-electron chi connectivity index (χ4n) is 2.13. The lowest BCUT2D eigenvalue weighted by molar-refractivity contribution is 0.0793. The van der Waals surface area contributed by atoms with Crippen molar-refractivity contribution in [3.05, 3.63) is 58.9 Å². The Morgan fingerprint density at radius 3 is 2.50 bits per heavy atom. The zero-order valence-electron chi connectivity index (χ0n) is 13.8. The average molecular weight is 346 g/mol. The quantitative estimate of drug-likeness (QED) is 0.864. The summed E-state index contributed by atoms with van der Waals surface area (Å²) in [6.45, 7) is 2.75. The molecule has 0 aliphatic heterocycles. The molecule has 0 spiro atoms. The molecule has 0 bridgehead atoms. The van der Waals surface area contributed by atoms with Crippen molar-refractivity contribution in [2.75, 3.05) is 18.9 Å². The number of halogens is 1. The lowest BCUT2D eigenvalue weighted by atomic mass is 10.1. The second kappa shape index (κ2) is 8.45. The van der Waals surface area contributed by atoms with Gasteiger partial charge < -0.3 is 10.2 Å². The van der Waals surface area contributed by atoms with E-state index in [1.165, 1.54) is 12.4 Å². The summed E-state index contributed by atoms with van der Waals surface area (Å²) < 4.78 is 0. The summed E-state index contributed by atoms with van der Waals surface area (Å²) in [5, 5.41) is 3.35. The van der Waals surface area contributed by atoms with E-state index in [1.54, 1.807) is 42.3 Å². The molecule has 0 aliphatic carbocycles. The first-order valence-electron chi connectivity index (χ1n) is 7.78. The van der Waals surface area contributed by atoms with Crippen molar-refractivity contribution >= 4 is 29.1 Å². The molecule has 2 aromatic rings. The van der Waals surface area contributed by atoms with Crippen molar-refractivity contribution in [2.24, 2.45) is 0 Å². The van der Waals surface area contributed by atoms with Crippen LogP contribution in [0.4, 0.5) is 5.69 Å². The number of amides is 2. The van der Waals surface area contributed by atoms with Gasteiger partial charge in [0.25, 0.3) is 11.8 Å². The minimum absolute atomic E-state index is 0.142. The second-order valence-corrected chi connectivity index (χ2v) is 5.94. The first-order chi connectivity index (χ1) is 11.5. The highest BCUT2D eigenvalue weighted by Gasteiger charge is 2.14. The van der Waals surface area contributed by atoms with Crippen LogP contribution in [-0.2, 0) is 0 Å². The van der Waals surface area contributed by atoms with Crippen LogP contribution in [0.2, 0.25) is 5.02 Å². The summed E-state index contributed by atoms with van der Waals surface area (Å²) >= 11 is 5.82. The van der Waals surface area contributed by atoms with Crippen molar-refractivity contribution in [1.29, 1.82) is 0 Å². The number of carbonyl (C=O) groups is 2. The molecule has 2 amide bonds. The number of pyridine rings is 1. The number of benzene rings is 1. The van der Waals surface area contributed by atoms with Gasteiger partial charge in [0.2, 0.25) is 0 Å². The molecule has 0 radical (unpaired) electrons. The number of aromatic nitrogens is 1.